The Morgan fingerprint density at radius 2 is 2.07 bits per heavy atom. The summed E-state index contributed by atoms with van der Waals surface area (Å²) in [5, 5.41) is 16.9. The highest BCUT2D eigenvalue weighted by Crippen LogP contribution is 2.36. The van der Waals surface area contributed by atoms with Gasteiger partial charge in [-0.2, -0.15) is 0 Å². The van der Waals surface area contributed by atoms with Gasteiger partial charge in [0.2, 0.25) is 0 Å². The van der Waals surface area contributed by atoms with Crippen molar-refractivity contribution in [3.05, 3.63) is 29.8 Å². The summed E-state index contributed by atoms with van der Waals surface area (Å²) in [6.07, 6.45) is 3.93. The average molecular weight is 505 g/mol. The topological polar surface area (TPSA) is 75.1 Å². The number of guanidine groups is 1. The van der Waals surface area contributed by atoms with Gasteiger partial charge in [-0.05, 0) is 25.8 Å². The van der Waals surface area contributed by atoms with E-state index in [0.717, 1.165) is 43.1 Å². The molecule has 0 bridgehead atoms. The first-order valence-electron chi connectivity index (χ1n) is 9.99. The molecule has 0 aromatic heterocycles. The molecular weight excluding hydrogens is 469 g/mol. The minimum atomic E-state index is -0.262. The lowest BCUT2D eigenvalue weighted by Crippen LogP contribution is -2.42. The smallest absolute Gasteiger partial charge is 0.191 e. The van der Waals surface area contributed by atoms with Gasteiger partial charge in [0, 0.05) is 24.1 Å². The van der Waals surface area contributed by atoms with Crippen molar-refractivity contribution in [2.75, 3.05) is 33.4 Å². The van der Waals surface area contributed by atoms with Crippen molar-refractivity contribution in [1.82, 2.24) is 10.6 Å². The number of aliphatic imine (C=N–C) groups is 1. The van der Waals surface area contributed by atoms with Crippen LogP contribution in [-0.4, -0.2) is 50.5 Å². The molecule has 0 saturated heterocycles. The molecule has 0 spiro atoms. The number of benzene rings is 1. The van der Waals surface area contributed by atoms with Gasteiger partial charge in [0.05, 0.1) is 33.0 Å². The van der Waals surface area contributed by atoms with Crippen LogP contribution in [0.15, 0.2) is 29.3 Å². The summed E-state index contributed by atoms with van der Waals surface area (Å²) in [5.41, 5.74) is 0.917. The first-order chi connectivity index (χ1) is 13.1. The Morgan fingerprint density at radius 3 is 2.79 bits per heavy atom. The highest BCUT2D eigenvalue weighted by Gasteiger charge is 2.35. The quantitative estimate of drug-likeness (QED) is 0.208. The fourth-order valence-electron chi connectivity index (χ4n) is 3.41. The maximum Gasteiger partial charge on any atom is 0.191 e. The number of ether oxygens (including phenoxy) is 2. The molecule has 3 N–H and O–H groups in total. The van der Waals surface area contributed by atoms with E-state index in [0.29, 0.717) is 26.3 Å². The van der Waals surface area contributed by atoms with Crippen LogP contribution < -0.4 is 15.4 Å². The van der Waals surface area contributed by atoms with Crippen LogP contribution in [0.4, 0.5) is 0 Å². The molecule has 1 aromatic carbocycles. The second-order valence-corrected chi connectivity index (χ2v) is 7.40. The number of hydrogen-bond acceptors (Lipinski definition) is 4. The van der Waals surface area contributed by atoms with Gasteiger partial charge in [0.1, 0.15) is 5.75 Å². The van der Waals surface area contributed by atoms with Crippen LogP contribution in [-0.2, 0) is 11.3 Å². The zero-order chi connectivity index (χ0) is 19.5. The molecular formula is C21H36IN3O3. The summed E-state index contributed by atoms with van der Waals surface area (Å²) in [5.74, 6) is 1.62. The van der Waals surface area contributed by atoms with Gasteiger partial charge in [-0.15, -0.1) is 24.0 Å². The van der Waals surface area contributed by atoms with E-state index in [1.165, 1.54) is 6.42 Å². The lowest BCUT2D eigenvalue weighted by Gasteiger charge is -2.37. The zero-order valence-corrected chi connectivity index (χ0v) is 19.7. The number of aliphatic hydroxyl groups excluding tert-OH is 1. The second kappa shape index (κ2) is 13.2. The van der Waals surface area contributed by atoms with Crippen molar-refractivity contribution in [2.24, 2.45) is 10.4 Å². The summed E-state index contributed by atoms with van der Waals surface area (Å²) in [6.45, 7) is 7.37. The van der Waals surface area contributed by atoms with E-state index in [4.69, 9.17) is 14.5 Å². The van der Waals surface area contributed by atoms with E-state index in [9.17, 15) is 5.11 Å². The molecule has 0 heterocycles. The number of methoxy groups -OCH3 is 1. The van der Waals surface area contributed by atoms with Crippen molar-refractivity contribution in [2.45, 2.75) is 52.2 Å². The normalized spacial score (nSPS) is 22.3. The zero-order valence-electron chi connectivity index (χ0n) is 17.4. The number of hydrogen-bond donors (Lipinski definition) is 3. The molecule has 1 saturated carbocycles. The van der Waals surface area contributed by atoms with E-state index in [1.807, 2.05) is 31.2 Å². The van der Waals surface area contributed by atoms with Crippen molar-refractivity contribution < 1.29 is 14.6 Å². The molecule has 1 aliphatic rings. The van der Waals surface area contributed by atoms with Gasteiger partial charge in [-0.1, -0.05) is 38.0 Å². The number of nitrogens with one attached hydrogen (secondary N) is 2. The van der Waals surface area contributed by atoms with Crippen LogP contribution in [0.3, 0.4) is 0 Å². The predicted octanol–water partition coefficient (Wildman–Crippen LogP) is 3.33. The SMILES string of the molecule is CCNC(=NCC1(C)CCCCC1O)NCCOCc1ccccc1OC.I. The van der Waals surface area contributed by atoms with Crippen LogP contribution in [0.1, 0.15) is 45.1 Å². The molecule has 28 heavy (non-hydrogen) atoms. The Morgan fingerprint density at radius 1 is 1.29 bits per heavy atom. The highest BCUT2D eigenvalue weighted by molar-refractivity contribution is 14.0. The minimum absolute atomic E-state index is 0. The molecule has 160 valence electrons. The van der Waals surface area contributed by atoms with Crippen molar-refractivity contribution >= 4 is 29.9 Å². The largest absolute Gasteiger partial charge is 0.496 e. The maximum atomic E-state index is 10.3. The standard InChI is InChI=1S/C21H35N3O3.HI/c1-4-22-20(24-16-21(2)12-8-7-11-19(21)25)23-13-14-27-15-17-9-5-6-10-18(17)26-3;/h5-6,9-10,19,25H,4,7-8,11-16H2,1-3H3,(H2,22,23,24);1H. The van der Waals surface area contributed by atoms with E-state index >= 15 is 0 Å². The maximum absolute atomic E-state index is 10.3. The third-order valence-corrected chi connectivity index (χ3v) is 5.21. The van der Waals surface area contributed by atoms with Gasteiger partial charge < -0.3 is 25.2 Å². The van der Waals surface area contributed by atoms with Crippen LogP contribution in [0.5, 0.6) is 5.75 Å². The third kappa shape index (κ3) is 7.75. The fourth-order valence-corrected chi connectivity index (χ4v) is 3.41. The van der Waals surface area contributed by atoms with Crippen molar-refractivity contribution in [3.8, 4) is 5.75 Å². The molecule has 2 atom stereocenters. The summed E-state index contributed by atoms with van der Waals surface area (Å²) >= 11 is 0. The summed E-state index contributed by atoms with van der Waals surface area (Å²) in [4.78, 5) is 4.70. The summed E-state index contributed by atoms with van der Waals surface area (Å²) in [6, 6.07) is 7.88. The molecule has 0 amide bonds. The first kappa shape index (κ1) is 25.0. The molecule has 2 unspecified atom stereocenters. The lowest BCUT2D eigenvalue weighted by atomic mass is 9.73. The molecule has 1 aliphatic carbocycles. The van der Waals surface area contributed by atoms with Crippen LogP contribution >= 0.6 is 24.0 Å². The Kier molecular flexibility index (Phi) is 11.8. The van der Waals surface area contributed by atoms with Crippen LogP contribution in [0, 0.1) is 5.41 Å². The molecule has 7 heteroatoms. The van der Waals surface area contributed by atoms with Crippen molar-refractivity contribution in [3.63, 3.8) is 0 Å². The number of rotatable bonds is 9. The highest BCUT2D eigenvalue weighted by atomic mass is 127. The summed E-state index contributed by atoms with van der Waals surface area (Å²) < 4.78 is 11.1. The van der Waals surface area contributed by atoms with Crippen molar-refractivity contribution in [1.29, 1.82) is 0 Å². The number of halogens is 1. The molecule has 0 aliphatic heterocycles. The average Bonchev–Trinajstić information content (AvgIpc) is 2.68. The summed E-state index contributed by atoms with van der Waals surface area (Å²) in [7, 11) is 1.67. The minimum Gasteiger partial charge on any atom is -0.496 e. The van der Waals surface area contributed by atoms with E-state index in [2.05, 4.69) is 17.6 Å². The van der Waals surface area contributed by atoms with Crippen LogP contribution in [0.2, 0.25) is 0 Å². The number of nitrogens with zero attached hydrogens (tertiary/aromatic N) is 1. The van der Waals surface area contributed by atoms with Gasteiger partial charge in [0.25, 0.3) is 0 Å². The van der Waals surface area contributed by atoms with E-state index in [-0.39, 0.29) is 35.5 Å². The van der Waals surface area contributed by atoms with E-state index < -0.39 is 0 Å². The molecule has 0 radical (unpaired) electrons. The third-order valence-electron chi connectivity index (χ3n) is 5.21. The van der Waals surface area contributed by atoms with Gasteiger partial charge in [-0.3, -0.25) is 4.99 Å². The van der Waals surface area contributed by atoms with Crippen LogP contribution in [0.25, 0.3) is 0 Å². The monoisotopic (exact) mass is 505 g/mol. The molecule has 1 fully saturated rings. The van der Waals surface area contributed by atoms with Gasteiger partial charge >= 0.3 is 0 Å². The second-order valence-electron chi connectivity index (χ2n) is 7.40. The Balaban J connectivity index is 0.00000392. The Labute approximate surface area is 186 Å². The van der Waals surface area contributed by atoms with Gasteiger partial charge in [-0.25, -0.2) is 0 Å². The molecule has 1 aromatic rings. The molecule has 2 rings (SSSR count). The fraction of sp³-hybridized carbons (Fsp3) is 0.667. The lowest BCUT2D eigenvalue weighted by molar-refractivity contribution is 0.00715. The predicted molar refractivity (Wildman–Crippen MR) is 125 cm³/mol. The number of aliphatic hydroxyl groups is 1. The Hall–Kier alpha value is -1.06. The first-order valence-corrected chi connectivity index (χ1v) is 9.99. The van der Waals surface area contributed by atoms with E-state index in [1.54, 1.807) is 7.11 Å². The molecule has 6 nitrogen and oxygen atoms in total. The Bertz CT molecular complexity index is 600. The number of para-hydroxylation sites is 1. The van der Waals surface area contributed by atoms with Gasteiger partial charge in [0.15, 0.2) is 5.96 Å².